The number of carboxylic acids is 1. The van der Waals surface area contributed by atoms with Crippen LogP contribution in [0, 0.1) is 0 Å². The molecule has 1 rings (SSSR count). The van der Waals surface area contributed by atoms with Gasteiger partial charge in [-0.15, -0.1) is 0 Å². The van der Waals surface area contributed by atoms with Crippen LogP contribution in [-0.4, -0.2) is 28.3 Å². The zero-order chi connectivity index (χ0) is 13.6. The highest BCUT2D eigenvalue weighted by molar-refractivity contribution is 7.58. The van der Waals surface area contributed by atoms with Gasteiger partial charge in [-0.2, -0.15) is 0 Å². The van der Waals surface area contributed by atoms with Gasteiger partial charge in [0.1, 0.15) is 6.16 Å². The Hall–Kier alpha value is -1.16. The fourth-order valence-electron chi connectivity index (χ4n) is 1.72. The van der Waals surface area contributed by atoms with E-state index >= 15 is 0 Å². The maximum atomic E-state index is 11.5. The van der Waals surface area contributed by atoms with E-state index in [-0.39, 0.29) is 12.2 Å². The van der Waals surface area contributed by atoms with Crippen LogP contribution in [0.5, 0.6) is 0 Å². The van der Waals surface area contributed by atoms with E-state index < -0.39 is 19.5 Å². The molecule has 0 amide bonds. The summed E-state index contributed by atoms with van der Waals surface area (Å²) >= 11 is 0. The second-order valence-corrected chi connectivity index (χ2v) is 6.74. The number of hydrogen-bond donors (Lipinski definition) is 3. The minimum absolute atomic E-state index is 0.000165. The van der Waals surface area contributed by atoms with E-state index in [2.05, 4.69) is 0 Å². The number of carboxylic acid groups (broad SMARTS) is 1. The van der Waals surface area contributed by atoms with Crippen molar-refractivity contribution in [2.24, 2.45) is 5.73 Å². The van der Waals surface area contributed by atoms with Crippen molar-refractivity contribution < 1.29 is 19.4 Å². The van der Waals surface area contributed by atoms with Gasteiger partial charge in [-0.05, 0) is 18.4 Å². The monoisotopic (exact) mass is 271 g/mol. The Kier molecular flexibility index (Phi) is 5.54. The van der Waals surface area contributed by atoms with Crippen molar-refractivity contribution in [3.8, 4) is 0 Å². The topological polar surface area (TPSA) is 101 Å². The smallest absolute Gasteiger partial charge is 0.313 e. The van der Waals surface area contributed by atoms with E-state index in [9.17, 15) is 14.3 Å². The second kappa shape index (κ2) is 6.69. The number of rotatable bonds is 7. The first-order chi connectivity index (χ1) is 8.41. The highest BCUT2D eigenvalue weighted by Gasteiger charge is 2.22. The van der Waals surface area contributed by atoms with Gasteiger partial charge in [0, 0.05) is 12.2 Å². The van der Waals surface area contributed by atoms with Crippen LogP contribution in [0.25, 0.3) is 0 Å². The standard InChI is InChI=1S/C12H18NO4P/c13-11(10-5-2-1-3-6-10)7-4-8-18(16,17)9-12(14)15/h1-3,5-6,11H,4,7-9,13H2,(H,14,15)(H,16,17). The number of benzene rings is 1. The van der Waals surface area contributed by atoms with Crippen LogP contribution < -0.4 is 5.73 Å². The SMILES string of the molecule is NC(CCCP(=O)(O)CC(=O)O)c1ccccc1. The molecule has 5 nitrogen and oxygen atoms in total. The van der Waals surface area contributed by atoms with Gasteiger partial charge in [-0.3, -0.25) is 9.36 Å². The molecule has 1 aromatic rings. The molecule has 6 heteroatoms. The highest BCUT2D eigenvalue weighted by atomic mass is 31.2. The molecule has 0 spiro atoms. The van der Waals surface area contributed by atoms with Gasteiger partial charge in [0.15, 0.2) is 0 Å². The maximum absolute atomic E-state index is 11.5. The molecule has 0 fully saturated rings. The van der Waals surface area contributed by atoms with Crippen molar-refractivity contribution in [1.29, 1.82) is 0 Å². The van der Waals surface area contributed by atoms with Gasteiger partial charge in [0.25, 0.3) is 0 Å². The number of nitrogens with two attached hydrogens (primary N) is 1. The highest BCUT2D eigenvalue weighted by Crippen LogP contribution is 2.41. The van der Waals surface area contributed by atoms with E-state index in [1.807, 2.05) is 30.3 Å². The van der Waals surface area contributed by atoms with E-state index in [1.54, 1.807) is 0 Å². The van der Waals surface area contributed by atoms with E-state index in [0.29, 0.717) is 12.8 Å². The van der Waals surface area contributed by atoms with Gasteiger partial charge in [0.2, 0.25) is 7.37 Å². The number of aliphatic carboxylic acids is 1. The third kappa shape index (κ3) is 5.45. The molecule has 100 valence electrons. The molecule has 0 radical (unpaired) electrons. The van der Waals surface area contributed by atoms with Gasteiger partial charge >= 0.3 is 5.97 Å². The molecule has 0 aromatic heterocycles. The summed E-state index contributed by atoms with van der Waals surface area (Å²) in [5.74, 6) is -1.24. The molecule has 2 atom stereocenters. The van der Waals surface area contributed by atoms with Crippen molar-refractivity contribution in [2.45, 2.75) is 18.9 Å². The fraction of sp³-hybridized carbons (Fsp3) is 0.417. The fourth-order valence-corrected chi connectivity index (χ4v) is 2.97. The summed E-state index contributed by atoms with van der Waals surface area (Å²) in [4.78, 5) is 19.8. The first kappa shape index (κ1) is 14.9. The molecule has 2 unspecified atom stereocenters. The van der Waals surface area contributed by atoms with Crippen molar-refractivity contribution in [3.05, 3.63) is 35.9 Å². The summed E-state index contributed by atoms with van der Waals surface area (Å²) in [6, 6.07) is 9.29. The minimum atomic E-state index is -3.55. The van der Waals surface area contributed by atoms with Crippen molar-refractivity contribution in [2.75, 3.05) is 12.3 Å². The predicted octanol–water partition coefficient (Wildman–Crippen LogP) is 1.82. The molecular formula is C12H18NO4P. The summed E-state index contributed by atoms with van der Waals surface area (Å²) in [6.45, 7) is 0. The normalized spacial score (nSPS) is 15.9. The van der Waals surface area contributed by atoms with Crippen LogP contribution in [0.3, 0.4) is 0 Å². The average Bonchev–Trinajstić information content (AvgIpc) is 2.28. The summed E-state index contributed by atoms with van der Waals surface area (Å²) in [7, 11) is -3.55. The van der Waals surface area contributed by atoms with Crippen molar-refractivity contribution in [1.82, 2.24) is 0 Å². The predicted molar refractivity (Wildman–Crippen MR) is 69.8 cm³/mol. The van der Waals surface area contributed by atoms with Gasteiger partial charge in [-0.25, -0.2) is 0 Å². The molecule has 1 aromatic carbocycles. The summed E-state index contributed by atoms with van der Waals surface area (Å²) in [6.07, 6.45) is 0.332. The number of carbonyl (C=O) groups is 1. The molecule has 0 saturated carbocycles. The van der Waals surface area contributed by atoms with Crippen LogP contribution >= 0.6 is 7.37 Å². The zero-order valence-electron chi connectivity index (χ0n) is 10.0. The first-order valence-corrected chi connectivity index (χ1v) is 7.77. The van der Waals surface area contributed by atoms with Crippen LogP contribution in [-0.2, 0) is 9.36 Å². The molecule has 0 aliphatic carbocycles. The lowest BCUT2D eigenvalue weighted by molar-refractivity contribution is -0.134. The van der Waals surface area contributed by atoms with Crippen LogP contribution in [0.4, 0.5) is 0 Å². The summed E-state index contributed by atoms with van der Waals surface area (Å²) in [5, 5.41) is 8.48. The summed E-state index contributed by atoms with van der Waals surface area (Å²) in [5.41, 5.74) is 6.91. The Morgan fingerprint density at radius 2 is 1.94 bits per heavy atom. The third-order valence-corrected chi connectivity index (χ3v) is 4.41. The molecule has 4 N–H and O–H groups in total. The first-order valence-electron chi connectivity index (χ1n) is 5.74. The average molecular weight is 271 g/mol. The maximum Gasteiger partial charge on any atom is 0.313 e. The number of hydrogen-bond acceptors (Lipinski definition) is 3. The van der Waals surface area contributed by atoms with Crippen LogP contribution in [0.1, 0.15) is 24.4 Å². The minimum Gasteiger partial charge on any atom is -0.481 e. The molecule has 0 bridgehead atoms. The van der Waals surface area contributed by atoms with E-state index in [1.165, 1.54) is 0 Å². The largest absolute Gasteiger partial charge is 0.481 e. The van der Waals surface area contributed by atoms with Crippen LogP contribution in [0.2, 0.25) is 0 Å². The third-order valence-electron chi connectivity index (χ3n) is 2.63. The lowest BCUT2D eigenvalue weighted by atomic mass is 10.0. The Morgan fingerprint density at radius 1 is 1.33 bits per heavy atom. The molecule has 0 heterocycles. The van der Waals surface area contributed by atoms with Crippen LogP contribution in [0.15, 0.2) is 30.3 Å². The quantitative estimate of drug-likeness (QED) is 0.657. The van der Waals surface area contributed by atoms with Gasteiger partial charge < -0.3 is 15.7 Å². The Bertz CT molecular complexity index is 435. The Morgan fingerprint density at radius 3 is 2.50 bits per heavy atom. The lowest BCUT2D eigenvalue weighted by Crippen LogP contribution is -2.11. The van der Waals surface area contributed by atoms with Gasteiger partial charge in [0.05, 0.1) is 0 Å². The molecule has 0 aliphatic heterocycles. The van der Waals surface area contributed by atoms with E-state index in [4.69, 9.17) is 10.8 Å². The summed E-state index contributed by atoms with van der Waals surface area (Å²) < 4.78 is 11.5. The van der Waals surface area contributed by atoms with Gasteiger partial charge in [-0.1, -0.05) is 30.3 Å². The Labute approximate surface area is 106 Å². The molecular weight excluding hydrogens is 253 g/mol. The lowest BCUT2D eigenvalue weighted by Gasteiger charge is -2.13. The van der Waals surface area contributed by atoms with E-state index in [0.717, 1.165) is 5.56 Å². The molecule has 0 saturated heterocycles. The van der Waals surface area contributed by atoms with Crippen molar-refractivity contribution >= 4 is 13.3 Å². The second-order valence-electron chi connectivity index (χ2n) is 4.28. The zero-order valence-corrected chi connectivity index (χ0v) is 10.9. The molecule has 18 heavy (non-hydrogen) atoms. The van der Waals surface area contributed by atoms with Crippen molar-refractivity contribution in [3.63, 3.8) is 0 Å². The Balaban J connectivity index is 2.38. The molecule has 0 aliphatic rings.